The van der Waals surface area contributed by atoms with Crippen LogP contribution in [0.4, 0.5) is 0 Å². The topological polar surface area (TPSA) is 44.8 Å². The molecular weight excluding hydrogens is 268 g/mol. The summed E-state index contributed by atoms with van der Waals surface area (Å²) < 4.78 is 16.1. The molecule has 0 radical (unpaired) electrons. The SMILES string of the molecule is CC(C)OC(=O)COc1cccc(Oc2ccccc2)c1. The molecule has 4 heteroatoms. The summed E-state index contributed by atoms with van der Waals surface area (Å²) in [4.78, 5) is 11.4. The highest BCUT2D eigenvalue weighted by molar-refractivity contribution is 5.71. The first kappa shape index (κ1) is 14.9. The lowest BCUT2D eigenvalue weighted by molar-refractivity contribution is -0.149. The van der Waals surface area contributed by atoms with Crippen LogP contribution in [0.15, 0.2) is 54.6 Å². The minimum absolute atomic E-state index is 0.118. The molecule has 0 aromatic heterocycles. The molecule has 0 N–H and O–H groups in total. The van der Waals surface area contributed by atoms with Crippen molar-refractivity contribution in [2.75, 3.05) is 6.61 Å². The molecule has 21 heavy (non-hydrogen) atoms. The second-order valence-corrected chi connectivity index (χ2v) is 4.72. The first-order valence-corrected chi connectivity index (χ1v) is 6.79. The molecule has 110 valence electrons. The van der Waals surface area contributed by atoms with Crippen LogP contribution in [0.2, 0.25) is 0 Å². The second-order valence-electron chi connectivity index (χ2n) is 4.72. The fourth-order valence-corrected chi connectivity index (χ4v) is 1.69. The van der Waals surface area contributed by atoms with E-state index in [1.165, 1.54) is 0 Å². The highest BCUT2D eigenvalue weighted by Gasteiger charge is 2.07. The number of carbonyl (C=O) groups excluding carboxylic acids is 1. The van der Waals surface area contributed by atoms with Crippen molar-refractivity contribution in [3.63, 3.8) is 0 Å². The van der Waals surface area contributed by atoms with Crippen LogP contribution in [0.1, 0.15) is 13.8 Å². The monoisotopic (exact) mass is 286 g/mol. The fraction of sp³-hybridized carbons (Fsp3) is 0.235. The molecule has 0 bridgehead atoms. The van der Waals surface area contributed by atoms with Gasteiger partial charge in [-0.05, 0) is 38.1 Å². The molecule has 2 aromatic rings. The van der Waals surface area contributed by atoms with E-state index in [1.54, 1.807) is 32.0 Å². The van der Waals surface area contributed by atoms with E-state index in [0.717, 1.165) is 5.75 Å². The third-order valence-electron chi connectivity index (χ3n) is 2.51. The lowest BCUT2D eigenvalue weighted by atomic mass is 10.3. The zero-order valence-corrected chi connectivity index (χ0v) is 12.1. The standard InChI is InChI=1S/C17H18O4/c1-13(2)20-17(18)12-19-15-9-6-10-16(11-15)21-14-7-4-3-5-8-14/h3-11,13H,12H2,1-2H3. The summed E-state index contributed by atoms with van der Waals surface area (Å²) in [6.07, 6.45) is -0.145. The molecule has 0 amide bonds. The van der Waals surface area contributed by atoms with Crippen molar-refractivity contribution in [1.82, 2.24) is 0 Å². The quantitative estimate of drug-likeness (QED) is 0.757. The molecule has 0 fully saturated rings. The van der Waals surface area contributed by atoms with Crippen molar-refractivity contribution in [2.45, 2.75) is 20.0 Å². The Labute approximate surface area is 124 Å². The van der Waals surface area contributed by atoms with Gasteiger partial charge >= 0.3 is 5.97 Å². The number of benzene rings is 2. The van der Waals surface area contributed by atoms with Crippen molar-refractivity contribution in [3.8, 4) is 17.2 Å². The van der Waals surface area contributed by atoms with Crippen molar-refractivity contribution < 1.29 is 19.0 Å². The van der Waals surface area contributed by atoms with E-state index in [-0.39, 0.29) is 18.7 Å². The number of rotatable bonds is 6. The van der Waals surface area contributed by atoms with Gasteiger partial charge in [0.25, 0.3) is 0 Å². The van der Waals surface area contributed by atoms with Gasteiger partial charge in [0.05, 0.1) is 6.10 Å². The largest absolute Gasteiger partial charge is 0.482 e. The molecule has 0 spiro atoms. The Morgan fingerprint density at radius 1 is 0.952 bits per heavy atom. The molecule has 0 atom stereocenters. The van der Waals surface area contributed by atoms with E-state index in [1.807, 2.05) is 36.4 Å². The summed E-state index contributed by atoms with van der Waals surface area (Å²) in [5, 5.41) is 0. The average Bonchev–Trinajstić information content (AvgIpc) is 2.46. The third kappa shape index (κ3) is 5.18. The Kier molecular flexibility index (Phi) is 5.21. The van der Waals surface area contributed by atoms with Gasteiger partial charge in [-0.3, -0.25) is 0 Å². The number of carbonyl (C=O) groups is 1. The van der Waals surface area contributed by atoms with Crippen molar-refractivity contribution in [1.29, 1.82) is 0 Å². The van der Waals surface area contributed by atoms with Gasteiger partial charge in [0.1, 0.15) is 17.2 Å². The Balaban J connectivity index is 1.93. The second kappa shape index (κ2) is 7.33. The molecular formula is C17H18O4. The molecule has 0 aliphatic rings. The minimum atomic E-state index is -0.389. The molecule has 0 aliphatic carbocycles. The van der Waals surface area contributed by atoms with E-state index < -0.39 is 0 Å². The van der Waals surface area contributed by atoms with Crippen LogP contribution in [0.25, 0.3) is 0 Å². The zero-order valence-electron chi connectivity index (χ0n) is 12.1. The third-order valence-corrected chi connectivity index (χ3v) is 2.51. The minimum Gasteiger partial charge on any atom is -0.482 e. The number of esters is 1. The first-order valence-electron chi connectivity index (χ1n) is 6.79. The number of ether oxygens (including phenoxy) is 3. The molecule has 0 aliphatic heterocycles. The summed E-state index contributed by atoms with van der Waals surface area (Å²) >= 11 is 0. The highest BCUT2D eigenvalue weighted by Crippen LogP contribution is 2.24. The predicted octanol–water partition coefficient (Wildman–Crippen LogP) is 3.81. The van der Waals surface area contributed by atoms with Gasteiger partial charge in [-0.2, -0.15) is 0 Å². The maximum Gasteiger partial charge on any atom is 0.344 e. The molecule has 0 heterocycles. The molecule has 0 unspecified atom stereocenters. The van der Waals surface area contributed by atoms with Crippen LogP contribution in [-0.4, -0.2) is 18.7 Å². The molecule has 4 nitrogen and oxygen atoms in total. The van der Waals surface area contributed by atoms with Crippen LogP contribution in [0, 0.1) is 0 Å². The van der Waals surface area contributed by atoms with E-state index in [9.17, 15) is 4.79 Å². The van der Waals surface area contributed by atoms with Crippen LogP contribution in [0.5, 0.6) is 17.2 Å². The van der Waals surface area contributed by atoms with Gasteiger partial charge in [-0.1, -0.05) is 24.3 Å². The zero-order chi connectivity index (χ0) is 15.1. The van der Waals surface area contributed by atoms with E-state index >= 15 is 0 Å². The van der Waals surface area contributed by atoms with Crippen molar-refractivity contribution in [2.24, 2.45) is 0 Å². The Bertz CT molecular complexity index is 578. The molecule has 0 saturated heterocycles. The van der Waals surface area contributed by atoms with Crippen LogP contribution in [0.3, 0.4) is 0 Å². The summed E-state index contributed by atoms with van der Waals surface area (Å²) in [5.74, 6) is 1.56. The van der Waals surface area contributed by atoms with Crippen LogP contribution >= 0.6 is 0 Å². The Morgan fingerprint density at radius 3 is 2.33 bits per heavy atom. The maximum atomic E-state index is 11.4. The van der Waals surface area contributed by atoms with Crippen LogP contribution < -0.4 is 9.47 Å². The van der Waals surface area contributed by atoms with Gasteiger partial charge in [0, 0.05) is 6.07 Å². The van der Waals surface area contributed by atoms with Crippen LogP contribution in [-0.2, 0) is 9.53 Å². The van der Waals surface area contributed by atoms with Gasteiger partial charge in [-0.25, -0.2) is 4.79 Å². The number of hydrogen-bond acceptors (Lipinski definition) is 4. The summed E-state index contributed by atoms with van der Waals surface area (Å²) in [6.45, 7) is 3.48. The van der Waals surface area contributed by atoms with E-state index in [4.69, 9.17) is 14.2 Å². The first-order chi connectivity index (χ1) is 10.1. The fourth-order valence-electron chi connectivity index (χ4n) is 1.69. The number of hydrogen-bond donors (Lipinski definition) is 0. The molecule has 2 rings (SSSR count). The number of para-hydroxylation sites is 1. The smallest absolute Gasteiger partial charge is 0.344 e. The van der Waals surface area contributed by atoms with Gasteiger partial charge in [0.2, 0.25) is 0 Å². The molecule has 0 saturated carbocycles. The Morgan fingerprint density at radius 2 is 1.62 bits per heavy atom. The van der Waals surface area contributed by atoms with Gasteiger partial charge in [-0.15, -0.1) is 0 Å². The van der Waals surface area contributed by atoms with Gasteiger partial charge < -0.3 is 14.2 Å². The normalized spacial score (nSPS) is 10.2. The Hall–Kier alpha value is -2.49. The molecule has 2 aromatic carbocycles. The maximum absolute atomic E-state index is 11.4. The highest BCUT2D eigenvalue weighted by atomic mass is 16.6. The van der Waals surface area contributed by atoms with E-state index in [2.05, 4.69) is 0 Å². The van der Waals surface area contributed by atoms with E-state index in [0.29, 0.717) is 11.5 Å². The predicted molar refractivity (Wildman–Crippen MR) is 79.7 cm³/mol. The summed E-state index contributed by atoms with van der Waals surface area (Å²) in [7, 11) is 0. The summed E-state index contributed by atoms with van der Waals surface area (Å²) in [5.41, 5.74) is 0. The summed E-state index contributed by atoms with van der Waals surface area (Å²) in [6, 6.07) is 16.6. The van der Waals surface area contributed by atoms with Gasteiger partial charge in [0.15, 0.2) is 6.61 Å². The lowest BCUT2D eigenvalue weighted by Crippen LogP contribution is -2.18. The average molecular weight is 286 g/mol. The van der Waals surface area contributed by atoms with Crippen molar-refractivity contribution in [3.05, 3.63) is 54.6 Å². The lowest BCUT2D eigenvalue weighted by Gasteiger charge is -2.10. The van der Waals surface area contributed by atoms with Crippen molar-refractivity contribution >= 4 is 5.97 Å².